The molecule has 20 heavy (non-hydrogen) atoms. The van der Waals surface area contributed by atoms with Crippen LogP contribution < -0.4 is 0 Å². The normalized spacial score (nSPS) is 12.0. The van der Waals surface area contributed by atoms with Gasteiger partial charge in [0.1, 0.15) is 0 Å². The highest BCUT2D eigenvalue weighted by atomic mass is 35.5. The summed E-state index contributed by atoms with van der Waals surface area (Å²) in [6, 6.07) is 5.56. The number of carbonyl (C=O) groups is 1. The largest absolute Gasteiger partial charge is 0.275 e. The van der Waals surface area contributed by atoms with Crippen LogP contribution in [-0.4, -0.2) is 25.1 Å². The van der Waals surface area contributed by atoms with Crippen molar-refractivity contribution in [2.24, 2.45) is 0 Å². The van der Waals surface area contributed by atoms with Crippen LogP contribution in [0.15, 0.2) is 30.9 Å². The van der Waals surface area contributed by atoms with Gasteiger partial charge in [0.05, 0.1) is 17.2 Å². The Labute approximate surface area is 130 Å². The third kappa shape index (κ3) is 4.82. The number of hydrogen-bond donors (Lipinski definition) is 0. The van der Waals surface area contributed by atoms with Crippen molar-refractivity contribution in [1.29, 1.82) is 0 Å². The molecule has 0 radical (unpaired) electrons. The maximum absolute atomic E-state index is 11.8. The van der Waals surface area contributed by atoms with E-state index in [9.17, 15) is 4.79 Å². The summed E-state index contributed by atoms with van der Waals surface area (Å²) in [7, 11) is 3.07. The lowest BCUT2D eigenvalue weighted by atomic mass is 9.91. The van der Waals surface area contributed by atoms with Crippen LogP contribution in [0, 0.1) is 0 Å². The number of allylic oxidation sites excluding steroid dienone is 1. The number of hydroxylamine groups is 2. The number of rotatable bonds is 7. The fourth-order valence-corrected chi connectivity index (χ4v) is 2.25. The van der Waals surface area contributed by atoms with Gasteiger partial charge >= 0.3 is 0 Å². The fraction of sp³-hybridized carbons (Fsp3) is 0.400. The topological polar surface area (TPSA) is 29.5 Å². The van der Waals surface area contributed by atoms with Crippen LogP contribution >= 0.6 is 23.2 Å². The van der Waals surface area contributed by atoms with Crippen LogP contribution in [0.1, 0.15) is 30.7 Å². The Bertz CT molecular complexity index is 477. The molecule has 0 saturated carbocycles. The first-order valence-electron chi connectivity index (χ1n) is 6.36. The van der Waals surface area contributed by atoms with E-state index in [1.165, 1.54) is 12.2 Å². The van der Waals surface area contributed by atoms with Gasteiger partial charge in [0.2, 0.25) is 5.91 Å². The minimum atomic E-state index is -0.0541. The first-order chi connectivity index (χ1) is 9.49. The minimum Gasteiger partial charge on any atom is -0.275 e. The van der Waals surface area contributed by atoms with E-state index in [0.29, 0.717) is 22.9 Å². The SMILES string of the molecule is C=CC[C@H](CCC(=O)N(C)OC)c1ccc(Cl)c(Cl)c1. The van der Waals surface area contributed by atoms with Crippen LogP contribution in [0.3, 0.4) is 0 Å². The van der Waals surface area contributed by atoms with Gasteiger partial charge in [-0.25, -0.2) is 5.06 Å². The van der Waals surface area contributed by atoms with Gasteiger partial charge in [0.15, 0.2) is 0 Å². The van der Waals surface area contributed by atoms with Crippen LogP contribution in [0.2, 0.25) is 10.0 Å². The number of halogens is 2. The highest BCUT2D eigenvalue weighted by Gasteiger charge is 2.15. The van der Waals surface area contributed by atoms with Crippen LogP contribution in [0.25, 0.3) is 0 Å². The van der Waals surface area contributed by atoms with Gasteiger partial charge in [0, 0.05) is 13.5 Å². The van der Waals surface area contributed by atoms with Gasteiger partial charge < -0.3 is 0 Å². The molecule has 0 N–H and O–H groups in total. The lowest BCUT2D eigenvalue weighted by Crippen LogP contribution is -2.25. The maximum atomic E-state index is 11.8. The highest BCUT2D eigenvalue weighted by Crippen LogP contribution is 2.31. The molecule has 1 aromatic rings. The Hall–Kier alpha value is -1.03. The summed E-state index contributed by atoms with van der Waals surface area (Å²) in [5.74, 6) is 0.137. The molecule has 0 aromatic heterocycles. The van der Waals surface area contributed by atoms with Crippen LogP contribution in [-0.2, 0) is 9.63 Å². The van der Waals surface area contributed by atoms with E-state index in [1.807, 2.05) is 18.2 Å². The quantitative estimate of drug-likeness (QED) is 0.549. The van der Waals surface area contributed by atoms with Crippen molar-refractivity contribution in [3.05, 3.63) is 46.5 Å². The molecular weight excluding hydrogens is 297 g/mol. The molecule has 0 aliphatic rings. The third-order valence-electron chi connectivity index (χ3n) is 3.20. The van der Waals surface area contributed by atoms with Gasteiger partial charge in [0.25, 0.3) is 0 Å². The second-order valence-electron chi connectivity index (χ2n) is 4.51. The monoisotopic (exact) mass is 315 g/mol. The molecule has 0 bridgehead atoms. The molecule has 0 spiro atoms. The lowest BCUT2D eigenvalue weighted by Gasteiger charge is -2.18. The van der Waals surface area contributed by atoms with E-state index in [2.05, 4.69) is 6.58 Å². The summed E-state index contributed by atoms with van der Waals surface area (Å²) in [5.41, 5.74) is 1.06. The van der Waals surface area contributed by atoms with Crippen molar-refractivity contribution in [3.8, 4) is 0 Å². The Morgan fingerprint density at radius 2 is 2.15 bits per heavy atom. The van der Waals surface area contributed by atoms with E-state index < -0.39 is 0 Å². The molecule has 1 amide bonds. The van der Waals surface area contributed by atoms with E-state index in [-0.39, 0.29) is 11.8 Å². The van der Waals surface area contributed by atoms with E-state index in [4.69, 9.17) is 28.0 Å². The predicted octanol–water partition coefficient (Wildman–Crippen LogP) is 4.45. The van der Waals surface area contributed by atoms with E-state index in [0.717, 1.165) is 12.0 Å². The minimum absolute atomic E-state index is 0.0541. The van der Waals surface area contributed by atoms with Crippen molar-refractivity contribution < 1.29 is 9.63 Å². The average molecular weight is 316 g/mol. The number of nitrogens with zero attached hydrogens (tertiary/aromatic N) is 1. The number of amides is 1. The van der Waals surface area contributed by atoms with Crippen molar-refractivity contribution in [3.63, 3.8) is 0 Å². The summed E-state index contributed by atoms with van der Waals surface area (Å²) in [5, 5.41) is 2.29. The van der Waals surface area contributed by atoms with E-state index >= 15 is 0 Å². The second kappa shape index (κ2) is 8.30. The molecule has 110 valence electrons. The Morgan fingerprint density at radius 1 is 1.45 bits per heavy atom. The number of benzene rings is 1. The Kier molecular flexibility index (Phi) is 7.06. The second-order valence-corrected chi connectivity index (χ2v) is 5.32. The van der Waals surface area contributed by atoms with Crippen molar-refractivity contribution in [2.45, 2.75) is 25.2 Å². The summed E-state index contributed by atoms with van der Waals surface area (Å²) in [6.45, 7) is 3.77. The molecular formula is C15H19Cl2NO2. The first-order valence-corrected chi connectivity index (χ1v) is 7.11. The standard InChI is InChI=1S/C15H19Cl2NO2/c1-4-5-11(7-9-15(19)18(2)20-3)12-6-8-13(16)14(17)10-12/h4,6,8,10-11H,1,5,7,9H2,2-3H3/t11-/m1/s1. The smallest absolute Gasteiger partial charge is 0.245 e. The Morgan fingerprint density at radius 3 is 2.70 bits per heavy atom. The molecule has 1 rings (SSSR count). The molecule has 3 nitrogen and oxygen atoms in total. The molecule has 1 atom stereocenters. The molecule has 5 heteroatoms. The van der Waals surface area contributed by atoms with Gasteiger partial charge in [-0.2, -0.15) is 0 Å². The number of hydrogen-bond acceptors (Lipinski definition) is 2. The first kappa shape index (κ1) is 17.0. The zero-order valence-electron chi connectivity index (χ0n) is 11.7. The molecule has 0 saturated heterocycles. The molecule has 1 aromatic carbocycles. The van der Waals surface area contributed by atoms with E-state index in [1.54, 1.807) is 13.1 Å². The molecule has 0 unspecified atom stereocenters. The zero-order chi connectivity index (χ0) is 15.1. The van der Waals surface area contributed by atoms with Crippen LogP contribution in [0.5, 0.6) is 0 Å². The Balaban J connectivity index is 2.76. The molecule has 0 aliphatic heterocycles. The summed E-state index contributed by atoms with van der Waals surface area (Å²) < 4.78 is 0. The molecule has 0 heterocycles. The van der Waals surface area contributed by atoms with Gasteiger partial charge in [-0.05, 0) is 36.5 Å². The highest BCUT2D eigenvalue weighted by molar-refractivity contribution is 6.42. The van der Waals surface area contributed by atoms with Crippen LogP contribution in [0.4, 0.5) is 0 Å². The van der Waals surface area contributed by atoms with Crippen molar-refractivity contribution in [2.75, 3.05) is 14.2 Å². The summed E-state index contributed by atoms with van der Waals surface area (Å²) >= 11 is 12.0. The average Bonchev–Trinajstić information content (AvgIpc) is 2.45. The number of carbonyl (C=O) groups excluding carboxylic acids is 1. The van der Waals surface area contributed by atoms with Crippen molar-refractivity contribution in [1.82, 2.24) is 5.06 Å². The predicted molar refractivity (Wildman–Crippen MR) is 83.0 cm³/mol. The van der Waals surface area contributed by atoms with Gasteiger partial charge in [-0.1, -0.05) is 35.3 Å². The third-order valence-corrected chi connectivity index (χ3v) is 3.94. The fourth-order valence-electron chi connectivity index (χ4n) is 1.95. The lowest BCUT2D eigenvalue weighted by molar-refractivity contribution is -0.168. The maximum Gasteiger partial charge on any atom is 0.245 e. The van der Waals surface area contributed by atoms with Crippen molar-refractivity contribution >= 4 is 29.1 Å². The summed E-state index contributed by atoms with van der Waals surface area (Å²) in [4.78, 5) is 16.6. The zero-order valence-corrected chi connectivity index (χ0v) is 13.2. The molecule has 0 fully saturated rings. The van der Waals surface area contributed by atoms with Gasteiger partial charge in [-0.3, -0.25) is 9.63 Å². The summed E-state index contributed by atoms with van der Waals surface area (Å²) in [6.07, 6.45) is 3.74. The molecule has 0 aliphatic carbocycles. The van der Waals surface area contributed by atoms with Gasteiger partial charge in [-0.15, -0.1) is 6.58 Å².